The molecule has 0 radical (unpaired) electrons. The summed E-state index contributed by atoms with van der Waals surface area (Å²) in [6.45, 7) is 6.21. The number of ether oxygens (including phenoxy) is 1. The Morgan fingerprint density at radius 3 is 2.61 bits per heavy atom. The van der Waals surface area contributed by atoms with Gasteiger partial charge >= 0.3 is 0 Å². The molecule has 3 unspecified atom stereocenters. The fraction of sp³-hybridized carbons (Fsp3) is 0.846. The Kier molecular flexibility index (Phi) is 3.73. The second-order valence-electron chi connectivity index (χ2n) is 6.08. The molecule has 3 atom stereocenters. The summed E-state index contributed by atoms with van der Waals surface area (Å²) in [7, 11) is 1.65. The molecule has 5 nitrogen and oxygen atoms in total. The number of methoxy groups -OCH3 is 1. The van der Waals surface area contributed by atoms with Crippen molar-refractivity contribution in [2.75, 3.05) is 7.11 Å². The zero-order chi connectivity index (χ0) is 13.3. The summed E-state index contributed by atoms with van der Waals surface area (Å²) in [6.07, 6.45) is 2.18. The third-order valence-corrected chi connectivity index (χ3v) is 3.51. The molecule has 0 aromatic carbocycles. The molecule has 1 heterocycles. The van der Waals surface area contributed by atoms with Crippen LogP contribution in [-0.4, -0.2) is 28.5 Å². The maximum absolute atomic E-state index is 9.85. The highest BCUT2D eigenvalue weighted by Gasteiger charge is 2.35. The van der Waals surface area contributed by atoms with Crippen molar-refractivity contribution >= 4 is 0 Å². The summed E-state index contributed by atoms with van der Waals surface area (Å²) >= 11 is 0. The molecule has 1 fully saturated rings. The first kappa shape index (κ1) is 13.5. The predicted molar refractivity (Wildman–Crippen MR) is 66.1 cm³/mol. The molecule has 5 heteroatoms. The van der Waals surface area contributed by atoms with Gasteiger partial charge in [0, 0.05) is 7.11 Å². The summed E-state index contributed by atoms with van der Waals surface area (Å²) < 4.78 is 10.8. The summed E-state index contributed by atoms with van der Waals surface area (Å²) in [5.41, 5.74) is -0.0931. The Balaban J connectivity index is 2.19. The molecule has 0 amide bonds. The second kappa shape index (κ2) is 4.97. The van der Waals surface area contributed by atoms with Crippen LogP contribution in [0.3, 0.4) is 0 Å². The summed E-state index contributed by atoms with van der Waals surface area (Å²) in [6, 6.07) is 0. The van der Waals surface area contributed by atoms with E-state index in [4.69, 9.17) is 9.26 Å². The SMILES string of the molecule is COC(c1noc(C2CCCC2O)n1)C(C)(C)C. The third-order valence-electron chi connectivity index (χ3n) is 3.51. The fourth-order valence-electron chi connectivity index (χ4n) is 2.58. The topological polar surface area (TPSA) is 68.4 Å². The van der Waals surface area contributed by atoms with Crippen LogP contribution in [0.5, 0.6) is 0 Å². The zero-order valence-electron chi connectivity index (χ0n) is 11.5. The van der Waals surface area contributed by atoms with E-state index in [2.05, 4.69) is 30.9 Å². The van der Waals surface area contributed by atoms with Gasteiger partial charge in [-0.25, -0.2) is 0 Å². The van der Waals surface area contributed by atoms with Crippen molar-refractivity contribution in [1.82, 2.24) is 10.1 Å². The van der Waals surface area contributed by atoms with E-state index in [0.29, 0.717) is 11.7 Å². The first-order valence-electron chi connectivity index (χ1n) is 6.48. The van der Waals surface area contributed by atoms with Crippen molar-refractivity contribution in [3.8, 4) is 0 Å². The van der Waals surface area contributed by atoms with Gasteiger partial charge in [-0.1, -0.05) is 25.9 Å². The van der Waals surface area contributed by atoms with Gasteiger partial charge in [0.25, 0.3) is 0 Å². The molecule has 1 aliphatic rings. The van der Waals surface area contributed by atoms with Gasteiger partial charge in [-0.05, 0) is 24.7 Å². The minimum absolute atomic E-state index is 0.0104. The molecule has 2 rings (SSSR count). The standard InChI is InChI=1S/C13H22N2O3/c1-13(2,3)10(17-4)11-14-12(18-15-11)8-6-5-7-9(8)16/h8-10,16H,5-7H2,1-4H3. The Labute approximate surface area is 108 Å². The van der Waals surface area contributed by atoms with Gasteiger partial charge in [0.15, 0.2) is 0 Å². The smallest absolute Gasteiger partial charge is 0.232 e. The van der Waals surface area contributed by atoms with E-state index in [0.717, 1.165) is 19.3 Å². The van der Waals surface area contributed by atoms with Crippen LogP contribution in [0.2, 0.25) is 0 Å². The molecule has 1 aliphatic carbocycles. The molecular weight excluding hydrogens is 232 g/mol. The van der Waals surface area contributed by atoms with Crippen LogP contribution in [0.1, 0.15) is 63.8 Å². The van der Waals surface area contributed by atoms with E-state index < -0.39 is 0 Å². The van der Waals surface area contributed by atoms with Crippen molar-refractivity contribution in [2.24, 2.45) is 5.41 Å². The summed E-state index contributed by atoms with van der Waals surface area (Å²) in [5.74, 6) is 1.10. The number of aliphatic hydroxyl groups is 1. The lowest BCUT2D eigenvalue weighted by atomic mass is 9.88. The van der Waals surface area contributed by atoms with Crippen molar-refractivity contribution < 1.29 is 14.4 Å². The third kappa shape index (κ3) is 2.57. The van der Waals surface area contributed by atoms with Crippen LogP contribution in [0.25, 0.3) is 0 Å². The molecule has 0 bridgehead atoms. The lowest BCUT2D eigenvalue weighted by molar-refractivity contribution is 0.00718. The number of aliphatic hydroxyl groups excluding tert-OH is 1. The van der Waals surface area contributed by atoms with Gasteiger partial charge in [0.2, 0.25) is 11.7 Å². The number of hydrogen-bond acceptors (Lipinski definition) is 5. The van der Waals surface area contributed by atoms with Gasteiger partial charge < -0.3 is 14.4 Å². The quantitative estimate of drug-likeness (QED) is 0.897. The van der Waals surface area contributed by atoms with Crippen molar-refractivity contribution in [3.05, 3.63) is 11.7 Å². The Bertz CT molecular complexity index is 397. The molecular formula is C13H22N2O3. The van der Waals surface area contributed by atoms with Gasteiger partial charge in [-0.2, -0.15) is 4.98 Å². The van der Waals surface area contributed by atoms with Crippen LogP contribution in [-0.2, 0) is 4.74 Å². The second-order valence-corrected chi connectivity index (χ2v) is 6.08. The monoisotopic (exact) mass is 254 g/mol. The Morgan fingerprint density at radius 2 is 2.11 bits per heavy atom. The average Bonchev–Trinajstić information content (AvgIpc) is 2.85. The number of rotatable bonds is 3. The number of nitrogens with zero attached hydrogens (tertiary/aromatic N) is 2. The zero-order valence-corrected chi connectivity index (χ0v) is 11.5. The van der Waals surface area contributed by atoms with Crippen molar-refractivity contribution in [1.29, 1.82) is 0 Å². The highest BCUT2D eigenvalue weighted by molar-refractivity contribution is 5.03. The van der Waals surface area contributed by atoms with E-state index in [1.165, 1.54) is 0 Å². The Hall–Kier alpha value is -0.940. The first-order valence-corrected chi connectivity index (χ1v) is 6.48. The molecule has 0 spiro atoms. The molecule has 1 aromatic heterocycles. The number of aromatic nitrogens is 2. The highest BCUT2D eigenvalue weighted by atomic mass is 16.5. The molecule has 18 heavy (non-hydrogen) atoms. The van der Waals surface area contributed by atoms with Crippen LogP contribution >= 0.6 is 0 Å². The lowest BCUT2D eigenvalue weighted by Crippen LogP contribution is -2.21. The van der Waals surface area contributed by atoms with Crippen LogP contribution < -0.4 is 0 Å². The highest BCUT2D eigenvalue weighted by Crippen LogP contribution is 2.37. The van der Waals surface area contributed by atoms with E-state index in [1.807, 2.05) is 0 Å². The normalized spacial score (nSPS) is 26.5. The predicted octanol–water partition coefficient (Wildman–Crippen LogP) is 2.43. The van der Waals surface area contributed by atoms with Crippen molar-refractivity contribution in [2.45, 2.75) is 58.2 Å². The molecule has 0 saturated heterocycles. The molecule has 1 saturated carbocycles. The van der Waals surface area contributed by atoms with E-state index in [1.54, 1.807) is 7.11 Å². The lowest BCUT2D eigenvalue weighted by Gasteiger charge is -2.26. The van der Waals surface area contributed by atoms with E-state index in [9.17, 15) is 5.11 Å². The molecule has 1 aromatic rings. The first-order chi connectivity index (χ1) is 8.43. The minimum Gasteiger partial charge on any atom is -0.392 e. The van der Waals surface area contributed by atoms with Crippen molar-refractivity contribution in [3.63, 3.8) is 0 Å². The molecule has 0 aliphatic heterocycles. The largest absolute Gasteiger partial charge is 0.392 e. The summed E-state index contributed by atoms with van der Waals surface area (Å²) in [5, 5.41) is 13.9. The molecule has 1 N–H and O–H groups in total. The minimum atomic E-state index is -0.353. The van der Waals surface area contributed by atoms with Crippen LogP contribution in [0.15, 0.2) is 4.52 Å². The molecule has 102 valence electrons. The van der Waals surface area contributed by atoms with Gasteiger partial charge in [-0.15, -0.1) is 0 Å². The fourth-order valence-corrected chi connectivity index (χ4v) is 2.58. The van der Waals surface area contributed by atoms with Gasteiger partial charge in [0.1, 0.15) is 6.10 Å². The van der Waals surface area contributed by atoms with E-state index in [-0.39, 0.29) is 23.5 Å². The Morgan fingerprint density at radius 1 is 1.39 bits per heavy atom. The van der Waals surface area contributed by atoms with Gasteiger partial charge in [-0.3, -0.25) is 0 Å². The van der Waals surface area contributed by atoms with Crippen LogP contribution in [0.4, 0.5) is 0 Å². The number of hydrogen-bond donors (Lipinski definition) is 1. The van der Waals surface area contributed by atoms with E-state index >= 15 is 0 Å². The maximum atomic E-state index is 9.85. The summed E-state index contributed by atoms with van der Waals surface area (Å²) in [4.78, 5) is 4.42. The van der Waals surface area contributed by atoms with Gasteiger partial charge in [0.05, 0.1) is 12.0 Å². The average molecular weight is 254 g/mol. The van der Waals surface area contributed by atoms with Crippen LogP contribution in [0, 0.1) is 5.41 Å². The maximum Gasteiger partial charge on any atom is 0.232 e.